The van der Waals surface area contributed by atoms with Crippen molar-refractivity contribution in [2.75, 3.05) is 18.4 Å². The number of hydrogen-bond donors (Lipinski definition) is 3. The lowest BCUT2D eigenvalue weighted by atomic mass is 10.1. The summed E-state index contributed by atoms with van der Waals surface area (Å²) >= 11 is 5.91. The summed E-state index contributed by atoms with van der Waals surface area (Å²) in [5.41, 5.74) is 3.04. The standard InChI is InChI=1S/C20H25ClN4O.HI/c1-3-22-20(23-12-11-16-7-9-18(21)10-8-16)24-14-17-5-4-6-19(13-17)25-15(2)26;/h4-10,13H,3,11-12,14H2,1-2H3,(H,25,26)(H2,22,23,24);1H. The third kappa shape index (κ3) is 9.10. The zero-order valence-electron chi connectivity index (χ0n) is 15.6. The van der Waals surface area contributed by atoms with Crippen LogP contribution in [0.5, 0.6) is 0 Å². The van der Waals surface area contributed by atoms with Crippen LogP contribution in [-0.4, -0.2) is 25.0 Å². The molecule has 0 radical (unpaired) electrons. The van der Waals surface area contributed by atoms with Gasteiger partial charge in [-0.2, -0.15) is 0 Å². The lowest BCUT2D eigenvalue weighted by Gasteiger charge is -2.12. The Morgan fingerprint density at radius 3 is 2.48 bits per heavy atom. The number of nitrogens with zero attached hydrogens (tertiary/aromatic N) is 1. The van der Waals surface area contributed by atoms with E-state index >= 15 is 0 Å². The van der Waals surface area contributed by atoms with E-state index in [1.165, 1.54) is 12.5 Å². The molecule has 5 nitrogen and oxygen atoms in total. The van der Waals surface area contributed by atoms with Crippen LogP contribution in [0.25, 0.3) is 0 Å². The van der Waals surface area contributed by atoms with Crippen LogP contribution < -0.4 is 16.0 Å². The lowest BCUT2D eigenvalue weighted by Crippen LogP contribution is -2.38. The van der Waals surface area contributed by atoms with Gasteiger partial charge in [0.05, 0.1) is 6.54 Å². The summed E-state index contributed by atoms with van der Waals surface area (Å²) < 4.78 is 0. The first kappa shape index (κ1) is 23.2. The minimum atomic E-state index is -0.0807. The third-order valence-electron chi connectivity index (χ3n) is 3.63. The van der Waals surface area contributed by atoms with Gasteiger partial charge in [0, 0.05) is 30.7 Å². The van der Waals surface area contributed by atoms with E-state index in [0.29, 0.717) is 6.54 Å². The van der Waals surface area contributed by atoms with E-state index < -0.39 is 0 Å². The van der Waals surface area contributed by atoms with Crippen molar-refractivity contribution >= 4 is 53.1 Å². The molecule has 7 heteroatoms. The molecule has 0 atom stereocenters. The number of nitrogens with one attached hydrogen (secondary N) is 3. The molecule has 0 saturated heterocycles. The van der Waals surface area contributed by atoms with Crippen LogP contribution in [0.15, 0.2) is 53.5 Å². The van der Waals surface area contributed by atoms with Gasteiger partial charge in [0.25, 0.3) is 0 Å². The van der Waals surface area contributed by atoms with Crippen LogP contribution in [0.3, 0.4) is 0 Å². The summed E-state index contributed by atoms with van der Waals surface area (Å²) in [6.45, 7) is 5.63. The molecule has 0 saturated carbocycles. The lowest BCUT2D eigenvalue weighted by molar-refractivity contribution is -0.114. The van der Waals surface area contributed by atoms with E-state index in [0.717, 1.165) is 41.7 Å². The van der Waals surface area contributed by atoms with Crippen molar-refractivity contribution in [1.82, 2.24) is 10.6 Å². The van der Waals surface area contributed by atoms with Gasteiger partial charge < -0.3 is 16.0 Å². The first-order chi connectivity index (χ1) is 12.6. The van der Waals surface area contributed by atoms with Gasteiger partial charge in [-0.05, 0) is 48.7 Å². The summed E-state index contributed by atoms with van der Waals surface area (Å²) in [7, 11) is 0. The normalized spacial score (nSPS) is 10.7. The molecule has 0 fully saturated rings. The minimum Gasteiger partial charge on any atom is -0.357 e. The molecule has 0 aromatic heterocycles. The van der Waals surface area contributed by atoms with Crippen LogP contribution in [0.1, 0.15) is 25.0 Å². The van der Waals surface area contributed by atoms with Crippen molar-refractivity contribution in [3.05, 3.63) is 64.7 Å². The Bertz CT molecular complexity index is 750. The highest BCUT2D eigenvalue weighted by atomic mass is 127. The summed E-state index contributed by atoms with van der Waals surface area (Å²) in [4.78, 5) is 15.8. The van der Waals surface area contributed by atoms with Gasteiger partial charge in [-0.1, -0.05) is 35.9 Å². The maximum absolute atomic E-state index is 11.2. The first-order valence-electron chi connectivity index (χ1n) is 8.70. The summed E-state index contributed by atoms with van der Waals surface area (Å²) in [5.74, 6) is 0.689. The fourth-order valence-corrected chi connectivity index (χ4v) is 2.57. The molecular formula is C20H26ClIN4O. The fraction of sp³-hybridized carbons (Fsp3) is 0.300. The van der Waals surface area contributed by atoms with Gasteiger partial charge in [-0.15, -0.1) is 24.0 Å². The number of amides is 1. The van der Waals surface area contributed by atoms with Crippen molar-refractivity contribution < 1.29 is 4.79 Å². The number of benzene rings is 2. The first-order valence-corrected chi connectivity index (χ1v) is 9.07. The van der Waals surface area contributed by atoms with Crippen LogP contribution in [0.4, 0.5) is 5.69 Å². The zero-order valence-corrected chi connectivity index (χ0v) is 18.7. The van der Waals surface area contributed by atoms with E-state index in [9.17, 15) is 4.79 Å². The quantitative estimate of drug-likeness (QED) is 0.303. The van der Waals surface area contributed by atoms with Crippen molar-refractivity contribution in [3.8, 4) is 0 Å². The Morgan fingerprint density at radius 2 is 1.81 bits per heavy atom. The van der Waals surface area contributed by atoms with E-state index in [-0.39, 0.29) is 29.9 Å². The fourth-order valence-electron chi connectivity index (χ4n) is 2.44. The molecule has 0 heterocycles. The molecule has 0 aliphatic rings. The molecule has 2 aromatic carbocycles. The predicted octanol–water partition coefficient (Wildman–Crippen LogP) is 4.21. The SMILES string of the molecule is CCNC(=NCc1cccc(NC(C)=O)c1)NCCc1ccc(Cl)cc1.I. The second kappa shape index (κ2) is 12.6. The number of aliphatic imine (C=N–C) groups is 1. The van der Waals surface area contributed by atoms with Crippen LogP contribution in [-0.2, 0) is 17.8 Å². The van der Waals surface area contributed by atoms with E-state index in [2.05, 4.69) is 20.9 Å². The van der Waals surface area contributed by atoms with Gasteiger partial charge in [-0.3, -0.25) is 4.79 Å². The smallest absolute Gasteiger partial charge is 0.221 e. The monoisotopic (exact) mass is 500 g/mol. The average molecular weight is 501 g/mol. The molecule has 0 aliphatic heterocycles. The second-order valence-electron chi connectivity index (χ2n) is 5.88. The van der Waals surface area contributed by atoms with Gasteiger partial charge in [0.15, 0.2) is 5.96 Å². The Morgan fingerprint density at radius 1 is 1.07 bits per heavy atom. The number of halogens is 2. The Labute approximate surface area is 183 Å². The molecule has 0 bridgehead atoms. The maximum Gasteiger partial charge on any atom is 0.221 e. The molecule has 0 unspecified atom stereocenters. The van der Waals surface area contributed by atoms with Gasteiger partial charge in [0.1, 0.15) is 0 Å². The number of guanidine groups is 1. The highest BCUT2D eigenvalue weighted by Crippen LogP contribution is 2.12. The highest BCUT2D eigenvalue weighted by Gasteiger charge is 2.01. The highest BCUT2D eigenvalue weighted by molar-refractivity contribution is 14.0. The second-order valence-corrected chi connectivity index (χ2v) is 6.32. The molecule has 1 amide bonds. The number of carbonyl (C=O) groups is 1. The number of carbonyl (C=O) groups excluding carboxylic acids is 1. The third-order valence-corrected chi connectivity index (χ3v) is 3.88. The van der Waals surface area contributed by atoms with Gasteiger partial charge in [-0.25, -0.2) is 4.99 Å². The Hall–Kier alpha value is -1.80. The van der Waals surface area contributed by atoms with Crippen molar-refractivity contribution in [2.45, 2.75) is 26.8 Å². The maximum atomic E-state index is 11.2. The van der Waals surface area contributed by atoms with Crippen molar-refractivity contribution in [2.24, 2.45) is 4.99 Å². The molecule has 3 N–H and O–H groups in total. The molecule has 0 aliphatic carbocycles. The average Bonchev–Trinajstić information content (AvgIpc) is 2.61. The van der Waals surface area contributed by atoms with Crippen molar-refractivity contribution in [3.63, 3.8) is 0 Å². The number of hydrogen-bond acceptors (Lipinski definition) is 2. The summed E-state index contributed by atoms with van der Waals surface area (Å²) in [5, 5.41) is 10.1. The molecule has 146 valence electrons. The zero-order chi connectivity index (χ0) is 18.8. The molecule has 0 spiro atoms. The minimum absolute atomic E-state index is 0. The molecule has 2 rings (SSSR count). The largest absolute Gasteiger partial charge is 0.357 e. The van der Waals surface area contributed by atoms with Crippen molar-refractivity contribution in [1.29, 1.82) is 0 Å². The van der Waals surface area contributed by atoms with Crippen LogP contribution >= 0.6 is 35.6 Å². The molecule has 2 aromatic rings. The Balaban J connectivity index is 0.00000364. The van der Waals surface area contributed by atoms with Gasteiger partial charge in [0.2, 0.25) is 5.91 Å². The summed E-state index contributed by atoms with van der Waals surface area (Å²) in [6, 6.07) is 15.6. The molecular weight excluding hydrogens is 475 g/mol. The predicted molar refractivity (Wildman–Crippen MR) is 124 cm³/mol. The summed E-state index contributed by atoms with van der Waals surface area (Å²) in [6.07, 6.45) is 0.888. The Kier molecular flexibility index (Phi) is 10.8. The topological polar surface area (TPSA) is 65.5 Å². The van der Waals surface area contributed by atoms with E-state index in [1.807, 2.05) is 55.5 Å². The van der Waals surface area contributed by atoms with Crippen LogP contribution in [0.2, 0.25) is 5.02 Å². The van der Waals surface area contributed by atoms with E-state index in [1.54, 1.807) is 0 Å². The van der Waals surface area contributed by atoms with E-state index in [4.69, 9.17) is 11.6 Å². The molecule has 27 heavy (non-hydrogen) atoms. The number of rotatable bonds is 7. The van der Waals surface area contributed by atoms with Gasteiger partial charge >= 0.3 is 0 Å². The number of anilines is 1. The van der Waals surface area contributed by atoms with Crippen LogP contribution in [0, 0.1) is 0 Å².